The van der Waals surface area contributed by atoms with Crippen LogP contribution in [-0.4, -0.2) is 43.4 Å². The average Bonchev–Trinajstić information content (AvgIpc) is 3.23. The first-order chi connectivity index (χ1) is 11.8. The molecule has 0 bridgehead atoms. The van der Waals surface area contributed by atoms with Crippen molar-refractivity contribution in [2.45, 2.75) is 31.0 Å². The molecular formula is C15H18F3N5O2. The Balaban J connectivity index is 1.57. The number of amides is 1. The van der Waals surface area contributed by atoms with Crippen molar-refractivity contribution in [3.8, 4) is 0 Å². The first kappa shape index (κ1) is 17.5. The molecule has 0 aliphatic heterocycles. The maximum Gasteiger partial charge on any atom is 0.431 e. The largest absolute Gasteiger partial charge is 0.431 e. The summed E-state index contributed by atoms with van der Waals surface area (Å²) in [5.74, 6) is 0.00885. The van der Waals surface area contributed by atoms with E-state index in [4.69, 9.17) is 0 Å². The number of carbonyl (C=O) groups excluding carboxylic acids is 1. The van der Waals surface area contributed by atoms with E-state index in [9.17, 15) is 23.1 Å². The van der Waals surface area contributed by atoms with E-state index >= 15 is 0 Å². The molecule has 10 heteroatoms. The van der Waals surface area contributed by atoms with Crippen molar-refractivity contribution in [2.24, 2.45) is 13.0 Å². The molecule has 3 atom stereocenters. The molecule has 0 saturated heterocycles. The van der Waals surface area contributed by atoms with Crippen LogP contribution < -0.4 is 5.32 Å². The molecule has 0 aromatic carbocycles. The Morgan fingerprint density at radius 3 is 2.84 bits per heavy atom. The SMILES string of the molecule is Cn1cnnc1[C@H]1C[C@H](CNC(=O)c2c[nH]c(C(F)(F)F)c2)[C@H](O)C1. The van der Waals surface area contributed by atoms with Crippen LogP contribution in [-0.2, 0) is 13.2 Å². The third-order valence-electron chi connectivity index (χ3n) is 4.54. The number of carbonyl (C=O) groups is 1. The van der Waals surface area contributed by atoms with Crippen molar-refractivity contribution in [3.63, 3.8) is 0 Å². The fourth-order valence-electron chi connectivity index (χ4n) is 3.21. The van der Waals surface area contributed by atoms with Gasteiger partial charge >= 0.3 is 6.18 Å². The van der Waals surface area contributed by atoms with Crippen LogP contribution in [0.15, 0.2) is 18.6 Å². The number of halogens is 3. The van der Waals surface area contributed by atoms with Gasteiger partial charge in [-0.25, -0.2) is 0 Å². The summed E-state index contributed by atoms with van der Waals surface area (Å²) >= 11 is 0. The number of aromatic amines is 1. The van der Waals surface area contributed by atoms with Gasteiger partial charge < -0.3 is 20.0 Å². The van der Waals surface area contributed by atoms with Crippen molar-refractivity contribution < 1.29 is 23.1 Å². The van der Waals surface area contributed by atoms with Gasteiger partial charge in [0.05, 0.1) is 11.7 Å². The molecule has 3 rings (SSSR count). The van der Waals surface area contributed by atoms with Crippen molar-refractivity contribution >= 4 is 5.91 Å². The van der Waals surface area contributed by atoms with E-state index in [2.05, 4.69) is 15.5 Å². The summed E-state index contributed by atoms with van der Waals surface area (Å²) in [4.78, 5) is 14.0. The summed E-state index contributed by atoms with van der Waals surface area (Å²) in [5, 5.41) is 20.6. The lowest BCUT2D eigenvalue weighted by molar-refractivity contribution is -0.140. The zero-order valence-corrected chi connectivity index (χ0v) is 13.4. The molecule has 2 heterocycles. The summed E-state index contributed by atoms with van der Waals surface area (Å²) < 4.78 is 39.4. The Labute approximate surface area is 141 Å². The monoisotopic (exact) mass is 357 g/mol. The van der Waals surface area contributed by atoms with E-state index in [0.29, 0.717) is 12.8 Å². The van der Waals surface area contributed by atoms with Crippen LogP contribution in [0.4, 0.5) is 13.2 Å². The highest BCUT2D eigenvalue weighted by Crippen LogP contribution is 2.37. The molecule has 136 valence electrons. The maximum atomic E-state index is 12.5. The molecule has 7 nitrogen and oxygen atoms in total. The van der Waals surface area contributed by atoms with Gasteiger partial charge in [0.15, 0.2) is 0 Å². The van der Waals surface area contributed by atoms with Gasteiger partial charge in [-0.2, -0.15) is 13.2 Å². The van der Waals surface area contributed by atoms with E-state index < -0.39 is 23.9 Å². The fraction of sp³-hybridized carbons (Fsp3) is 0.533. The van der Waals surface area contributed by atoms with Crippen molar-refractivity contribution in [1.82, 2.24) is 25.1 Å². The van der Waals surface area contributed by atoms with Gasteiger partial charge in [-0.15, -0.1) is 10.2 Å². The molecule has 1 aliphatic rings. The van der Waals surface area contributed by atoms with Gasteiger partial charge in [-0.05, 0) is 18.9 Å². The lowest BCUT2D eigenvalue weighted by Gasteiger charge is -2.14. The van der Waals surface area contributed by atoms with E-state index in [-0.39, 0.29) is 23.9 Å². The van der Waals surface area contributed by atoms with Gasteiger partial charge in [-0.3, -0.25) is 4.79 Å². The van der Waals surface area contributed by atoms with Crippen molar-refractivity contribution in [1.29, 1.82) is 0 Å². The zero-order valence-electron chi connectivity index (χ0n) is 13.4. The molecule has 2 aromatic rings. The summed E-state index contributed by atoms with van der Waals surface area (Å²) in [6.45, 7) is 0.181. The van der Waals surface area contributed by atoms with Crippen LogP contribution in [0, 0.1) is 5.92 Å². The predicted octanol–water partition coefficient (Wildman–Crippen LogP) is 1.45. The van der Waals surface area contributed by atoms with Gasteiger partial charge in [0.25, 0.3) is 5.91 Å². The fourth-order valence-corrected chi connectivity index (χ4v) is 3.21. The number of aromatic nitrogens is 4. The summed E-state index contributed by atoms with van der Waals surface area (Å²) in [7, 11) is 1.82. The van der Waals surface area contributed by atoms with Crippen LogP contribution in [0.1, 0.15) is 40.6 Å². The van der Waals surface area contributed by atoms with Gasteiger partial charge in [0.2, 0.25) is 0 Å². The molecular weight excluding hydrogens is 339 g/mol. The van der Waals surface area contributed by atoms with Crippen LogP contribution >= 0.6 is 0 Å². The maximum absolute atomic E-state index is 12.5. The number of aliphatic hydroxyl groups excluding tert-OH is 1. The number of aliphatic hydroxyl groups is 1. The Morgan fingerprint density at radius 1 is 1.48 bits per heavy atom. The minimum Gasteiger partial charge on any atom is -0.393 e. The molecule has 1 fully saturated rings. The smallest absolute Gasteiger partial charge is 0.393 e. The third-order valence-corrected chi connectivity index (χ3v) is 4.54. The average molecular weight is 357 g/mol. The molecule has 1 amide bonds. The Bertz CT molecular complexity index is 754. The van der Waals surface area contributed by atoms with Crippen molar-refractivity contribution in [2.75, 3.05) is 6.54 Å². The Hall–Kier alpha value is -2.36. The summed E-state index contributed by atoms with van der Waals surface area (Å²) in [6, 6.07) is 0.767. The molecule has 0 unspecified atom stereocenters. The number of rotatable bonds is 4. The van der Waals surface area contributed by atoms with E-state index in [0.717, 1.165) is 18.1 Å². The molecule has 0 spiro atoms. The highest BCUT2D eigenvalue weighted by molar-refractivity contribution is 5.94. The second-order valence-corrected chi connectivity index (χ2v) is 6.31. The topological polar surface area (TPSA) is 95.8 Å². The second kappa shape index (κ2) is 6.51. The number of H-pyrrole nitrogens is 1. The molecule has 0 radical (unpaired) electrons. The minimum absolute atomic E-state index is 0.0356. The standard InChI is InChI=1S/C15H18F3N5O2/c1-23-7-21-22-13(23)8-2-9(11(24)3-8)5-20-14(25)10-4-12(19-6-10)15(16,17)18/h4,6-9,11,19,24H,2-3,5H2,1H3,(H,20,25)/t8-,9+,11+/m0/s1. The lowest BCUT2D eigenvalue weighted by Crippen LogP contribution is -2.32. The first-order valence-corrected chi connectivity index (χ1v) is 7.81. The highest BCUT2D eigenvalue weighted by atomic mass is 19.4. The highest BCUT2D eigenvalue weighted by Gasteiger charge is 2.36. The van der Waals surface area contributed by atoms with E-state index in [1.54, 1.807) is 10.9 Å². The van der Waals surface area contributed by atoms with E-state index in [1.807, 2.05) is 12.0 Å². The normalized spacial score (nSPS) is 23.8. The third kappa shape index (κ3) is 3.68. The quantitative estimate of drug-likeness (QED) is 0.772. The Kier molecular flexibility index (Phi) is 4.55. The van der Waals surface area contributed by atoms with E-state index in [1.165, 1.54) is 0 Å². The second-order valence-electron chi connectivity index (χ2n) is 6.31. The van der Waals surface area contributed by atoms with Gasteiger partial charge in [0, 0.05) is 31.6 Å². The first-order valence-electron chi connectivity index (χ1n) is 7.81. The van der Waals surface area contributed by atoms with Gasteiger partial charge in [0.1, 0.15) is 17.8 Å². The lowest BCUT2D eigenvalue weighted by atomic mass is 10.0. The van der Waals surface area contributed by atoms with Gasteiger partial charge in [-0.1, -0.05) is 0 Å². The summed E-state index contributed by atoms with van der Waals surface area (Å²) in [5.41, 5.74) is -1.06. The zero-order chi connectivity index (χ0) is 18.2. The molecule has 3 N–H and O–H groups in total. The number of aryl methyl sites for hydroxylation is 1. The molecule has 2 aromatic heterocycles. The molecule has 1 aliphatic carbocycles. The minimum atomic E-state index is -4.52. The molecule has 1 saturated carbocycles. The van der Waals surface area contributed by atoms with Crippen LogP contribution in [0.3, 0.4) is 0 Å². The number of hydrogen-bond acceptors (Lipinski definition) is 4. The molecule has 25 heavy (non-hydrogen) atoms. The predicted molar refractivity (Wildman–Crippen MR) is 80.6 cm³/mol. The van der Waals surface area contributed by atoms with Crippen LogP contribution in [0.5, 0.6) is 0 Å². The van der Waals surface area contributed by atoms with Crippen molar-refractivity contribution in [3.05, 3.63) is 35.7 Å². The number of nitrogens with zero attached hydrogens (tertiary/aromatic N) is 3. The number of hydrogen-bond donors (Lipinski definition) is 3. The number of alkyl halides is 3. The van der Waals surface area contributed by atoms with Crippen LogP contribution in [0.25, 0.3) is 0 Å². The number of nitrogens with one attached hydrogen (secondary N) is 2. The Morgan fingerprint density at radius 2 is 2.24 bits per heavy atom. The van der Waals surface area contributed by atoms with Crippen LogP contribution in [0.2, 0.25) is 0 Å². The summed E-state index contributed by atoms with van der Waals surface area (Å²) in [6.07, 6.45) is -1.40.